The van der Waals surface area contributed by atoms with Gasteiger partial charge in [-0.1, -0.05) is 0 Å². The van der Waals surface area contributed by atoms with Crippen molar-refractivity contribution in [3.63, 3.8) is 0 Å². The van der Waals surface area contributed by atoms with Gasteiger partial charge in [0.15, 0.2) is 0 Å². The summed E-state index contributed by atoms with van der Waals surface area (Å²) >= 11 is 0. The van der Waals surface area contributed by atoms with E-state index in [0.29, 0.717) is 17.9 Å². The molecule has 4 fully saturated rings. The quantitative estimate of drug-likeness (QED) is 0.794. The van der Waals surface area contributed by atoms with Crippen molar-refractivity contribution >= 4 is 0 Å². The zero-order valence-corrected chi connectivity index (χ0v) is 9.99. The van der Waals surface area contributed by atoms with E-state index < -0.39 is 12.5 Å². The molecule has 0 aliphatic heterocycles. The van der Waals surface area contributed by atoms with Gasteiger partial charge < -0.3 is 10.4 Å². The van der Waals surface area contributed by atoms with Crippen LogP contribution < -0.4 is 5.32 Å². The Labute approximate surface area is 101 Å². The van der Waals surface area contributed by atoms with Gasteiger partial charge in [-0.05, 0) is 55.8 Å². The van der Waals surface area contributed by atoms with Crippen LogP contribution in [-0.2, 0) is 0 Å². The lowest BCUT2D eigenvalue weighted by atomic mass is 9.54. The van der Waals surface area contributed by atoms with Crippen LogP contribution in [0.15, 0.2) is 0 Å². The number of hydrogen-bond acceptors (Lipinski definition) is 2. The summed E-state index contributed by atoms with van der Waals surface area (Å²) in [6.07, 6.45) is 2.36. The van der Waals surface area contributed by atoms with Gasteiger partial charge in [0.2, 0.25) is 0 Å². The molecule has 98 valence electrons. The van der Waals surface area contributed by atoms with E-state index in [4.69, 9.17) is 5.11 Å². The van der Waals surface area contributed by atoms with Crippen molar-refractivity contribution in [1.29, 1.82) is 0 Å². The van der Waals surface area contributed by atoms with Crippen LogP contribution in [0.4, 0.5) is 8.78 Å². The van der Waals surface area contributed by atoms with Crippen molar-refractivity contribution in [3.8, 4) is 0 Å². The molecule has 1 unspecified atom stereocenters. The molecule has 4 heteroatoms. The first kappa shape index (κ1) is 11.8. The maximum Gasteiger partial charge on any atom is 0.265 e. The Hall–Kier alpha value is -0.220. The van der Waals surface area contributed by atoms with E-state index >= 15 is 0 Å². The number of alkyl halides is 2. The van der Waals surface area contributed by atoms with Crippen LogP contribution in [0.25, 0.3) is 0 Å². The lowest BCUT2D eigenvalue weighted by Gasteiger charge is -2.54. The normalized spacial score (nSPS) is 45.5. The SMILES string of the molecule is OC(CNC1C2CC3CC(C2)CC1C3)C(F)F. The van der Waals surface area contributed by atoms with Gasteiger partial charge in [-0.3, -0.25) is 0 Å². The Morgan fingerprint density at radius 2 is 1.53 bits per heavy atom. The Kier molecular flexibility index (Phi) is 3.11. The van der Waals surface area contributed by atoms with Gasteiger partial charge in [-0.15, -0.1) is 0 Å². The Bertz CT molecular complexity index is 257. The molecule has 4 saturated carbocycles. The van der Waals surface area contributed by atoms with Gasteiger partial charge in [-0.2, -0.15) is 0 Å². The fraction of sp³-hybridized carbons (Fsp3) is 1.00. The highest BCUT2D eigenvalue weighted by Crippen LogP contribution is 2.53. The zero-order valence-electron chi connectivity index (χ0n) is 9.99. The first-order valence-electron chi connectivity index (χ1n) is 6.83. The third-order valence-electron chi connectivity index (χ3n) is 5.08. The van der Waals surface area contributed by atoms with Crippen LogP contribution in [0.5, 0.6) is 0 Å². The topological polar surface area (TPSA) is 32.3 Å². The first-order valence-corrected chi connectivity index (χ1v) is 6.83. The smallest absolute Gasteiger partial charge is 0.265 e. The minimum Gasteiger partial charge on any atom is -0.386 e. The van der Waals surface area contributed by atoms with Crippen molar-refractivity contribution < 1.29 is 13.9 Å². The second-order valence-electron chi connectivity index (χ2n) is 6.27. The average Bonchev–Trinajstić information content (AvgIpc) is 2.26. The minimum absolute atomic E-state index is 0.0463. The standard InChI is InChI=1S/C13H21F2NO/c14-13(15)11(17)6-16-12-9-2-7-1-8(4-9)5-10(12)3-7/h7-13,16-17H,1-6H2. The van der Waals surface area contributed by atoms with E-state index in [2.05, 4.69) is 5.32 Å². The molecule has 0 saturated heterocycles. The molecule has 17 heavy (non-hydrogen) atoms. The highest BCUT2D eigenvalue weighted by atomic mass is 19.3. The lowest BCUT2D eigenvalue weighted by molar-refractivity contribution is -0.0343. The van der Waals surface area contributed by atoms with Crippen molar-refractivity contribution in [2.24, 2.45) is 23.7 Å². The maximum absolute atomic E-state index is 12.3. The Balaban J connectivity index is 1.57. The molecule has 2 nitrogen and oxygen atoms in total. The predicted octanol–water partition coefficient (Wildman–Crippen LogP) is 2.03. The van der Waals surface area contributed by atoms with Crippen LogP contribution in [0, 0.1) is 23.7 Å². The number of nitrogens with one attached hydrogen (secondary N) is 1. The number of aliphatic hydroxyl groups is 1. The molecule has 4 aliphatic carbocycles. The van der Waals surface area contributed by atoms with Gasteiger partial charge in [0.25, 0.3) is 6.43 Å². The van der Waals surface area contributed by atoms with Gasteiger partial charge in [0, 0.05) is 12.6 Å². The Morgan fingerprint density at radius 3 is 2.00 bits per heavy atom. The third-order valence-corrected chi connectivity index (χ3v) is 5.08. The molecule has 0 spiro atoms. The largest absolute Gasteiger partial charge is 0.386 e. The molecule has 4 bridgehead atoms. The molecular formula is C13H21F2NO. The van der Waals surface area contributed by atoms with E-state index in [9.17, 15) is 8.78 Å². The molecule has 0 amide bonds. The third kappa shape index (κ3) is 2.22. The predicted molar refractivity (Wildman–Crippen MR) is 60.8 cm³/mol. The van der Waals surface area contributed by atoms with E-state index in [1.54, 1.807) is 0 Å². The summed E-state index contributed by atoms with van der Waals surface area (Å²) in [5.41, 5.74) is 0. The van der Waals surface area contributed by atoms with Crippen LogP contribution in [0.2, 0.25) is 0 Å². The van der Waals surface area contributed by atoms with Crippen LogP contribution in [0.3, 0.4) is 0 Å². The van der Waals surface area contributed by atoms with Crippen molar-refractivity contribution in [1.82, 2.24) is 5.32 Å². The molecule has 0 aromatic heterocycles. The van der Waals surface area contributed by atoms with Gasteiger partial charge in [0.1, 0.15) is 6.10 Å². The van der Waals surface area contributed by atoms with Gasteiger partial charge >= 0.3 is 0 Å². The molecule has 4 aliphatic rings. The monoisotopic (exact) mass is 245 g/mol. The molecule has 0 aromatic carbocycles. The first-order chi connectivity index (χ1) is 8.13. The lowest BCUT2D eigenvalue weighted by Crippen LogP contribution is -2.56. The van der Waals surface area contributed by atoms with Gasteiger partial charge in [0.05, 0.1) is 0 Å². The van der Waals surface area contributed by atoms with Gasteiger partial charge in [-0.25, -0.2) is 8.78 Å². The van der Waals surface area contributed by atoms with Crippen LogP contribution >= 0.6 is 0 Å². The van der Waals surface area contributed by atoms with E-state index in [1.165, 1.54) is 32.1 Å². The summed E-state index contributed by atoms with van der Waals surface area (Å²) in [4.78, 5) is 0. The second-order valence-corrected chi connectivity index (χ2v) is 6.27. The summed E-state index contributed by atoms with van der Waals surface area (Å²) < 4.78 is 24.5. The van der Waals surface area contributed by atoms with E-state index in [0.717, 1.165) is 11.8 Å². The van der Waals surface area contributed by atoms with E-state index in [1.807, 2.05) is 0 Å². The summed E-state index contributed by atoms with van der Waals surface area (Å²) in [6, 6.07) is 0.385. The summed E-state index contributed by atoms with van der Waals surface area (Å²) in [5.74, 6) is 3.15. The van der Waals surface area contributed by atoms with Crippen LogP contribution in [-0.4, -0.2) is 30.2 Å². The number of rotatable bonds is 4. The minimum atomic E-state index is -2.63. The highest BCUT2D eigenvalue weighted by Gasteiger charge is 2.48. The average molecular weight is 245 g/mol. The van der Waals surface area contributed by atoms with Crippen molar-refractivity contribution in [2.45, 2.75) is 50.7 Å². The molecule has 1 atom stereocenters. The number of hydrogen-bond donors (Lipinski definition) is 2. The second kappa shape index (κ2) is 4.47. The molecular weight excluding hydrogens is 224 g/mol. The molecule has 4 rings (SSSR count). The molecule has 2 N–H and O–H groups in total. The van der Waals surface area contributed by atoms with E-state index in [-0.39, 0.29) is 6.54 Å². The molecule has 0 heterocycles. The summed E-state index contributed by atoms with van der Waals surface area (Å²) in [5, 5.41) is 12.4. The van der Waals surface area contributed by atoms with Crippen molar-refractivity contribution in [2.75, 3.05) is 6.54 Å². The molecule has 0 aromatic rings. The fourth-order valence-electron chi connectivity index (χ4n) is 4.60. The van der Waals surface area contributed by atoms with Crippen LogP contribution in [0.1, 0.15) is 32.1 Å². The maximum atomic E-state index is 12.3. The molecule has 0 radical (unpaired) electrons. The summed E-state index contributed by atoms with van der Waals surface area (Å²) in [7, 11) is 0. The highest BCUT2D eigenvalue weighted by molar-refractivity contribution is 5.01. The summed E-state index contributed by atoms with van der Waals surface area (Å²) in [6.45, 7) is 0.0463. The zero-order chi connectivity index (χ0) is 12.0. The Morgan fingerprint density at radius 1 is 1.00 bits per heavy atom. The fourth-order valence-corrected chi connectivity index (χ4v) is 4.60. The van der Waals surface area contributed by atoms with Crippen molar-refractivity contribution in [3.05, 3.63) is 0 Å². The number of halogens is 2. The number of aliphatic hydroxyl groups excluding tert-OH is 1.